The molecule has 8 nitrogen and oxygen atoms in total. The van der Waals surface area contributed by atoms with Crippen LogP contribution in [0.1, 0.15) is 12.5 Å². The van der Waals surface area contributed by atoms with Gasteiger partial charge in [0, 0.05) is 25.2 Å². The number of hydrogen-bond acceptors (Lipinski definition) is 4. The molecule has 8 heteroatoms. The molecular formula is C17H16N4O4. The maximum absolute atomic E-state index is 12.4. The molecule has 0 atom stereocenters. The zero-order chi connectivity index (χ0) is 18.1. The number of H-pyrrole nitrogens is 1. The Bertz CT molecular complexity index is 1100. The van der Waals surface area contributed by atoms with Crippen molar-refractivity contribution in [3.8, 4) is 11.4 Å². The maximum atomic E-state index is 12.4. The van der Waals surface area contributed by atoms with Crippen LogP contribution in [0.25, 0.3) is 28.6 Å². The predicted octanol–water partition coefficient (Wildman–Crippen LogP) is 1.21. The van der Waals surface area contributed by atoms with Gasteiger partial charge >= 0.3 is 11.7 Å². The van der Waals surface area contributed by atoms with Gasteiger partial charge in [-0.3, -0.25) is 13.9 Å². The van der Waals surface area contributed by atoms with Gasteiger partial charge in [-0.05, 0) is 18.6 Å². The van der Waals surface area contributed by atoms with Crippen LogP contribution < -0.4 is 11.2 Å². The molecule has 3 rings (SSSR count). The highest BCUT2D eigenvalue weighted by atomic mass is 16.4. The number of aryl methyl sites for hydroxylation is 1. The smallest absolute Gasteiger partial charge is 0.332 e. The van der Waals surface area contributed by atoms with Crippen molar-refractivity contribution in [3.63, 3.8) is 0 Å². The summed E-state index contributed by atoms with van der Waals surface area (Å²) in [6.45, 7) is 2.01. The molecule has 0 aliphatic carbocycles. The van der Waals surface area contributed by atoms with E-state index in [2.05, 4.69) is 9.97 Å². The second-order valence-corrected chi connectivity index (χ2v) is 5.47. The summed E-state index contributed by atoms with van der Waals surface area (Å²) >= 11 is 0. The van der Waals surface area contributed by atoms with Crippen molar-refractivity contribution in [1.29, 1.82) is 0 Å². The number of aromatic nitrogens is 4. The zero-order valence-electron chi connectivity index (χ0n) is 13.7. The molecule has 0 spiro atoms. The molecule has 0 amide bonds. The maximum Gasteiger partial charge on any atom is 0.332 e. The minimum Gasteiger partial charge on any atom is -0.478 e. The van der Waals surface area contributed by atoms with E-state index in [1.54, 1.807) is 38.2 Å². The number of aliphatic carboxylic acids is 1. The number of benzene rings is 1. The van der Waals surface area contributed by atoms with E-state index in [0.717, 1.165) is 21.8 Å². The Morgan fingerprint density at radius 2 is 1.96 bits per heavy atom. The van der Waals surface area contributed by atoms with Crippen LogP contribution >= 0.6 is 0 Å². The summed E-state index contributed by atoms with van der Waals surface area (Å²) < 4.78 is 2.48. The third-order valence-corrected chi connectivity index (χ3v) is 3.90. The van der Waals surface area contributed by atoms with Crippen LogP contribution in [0.4, 0.5) is 0 Å². The van der Waals surface area contributed by atoms with Gasteiger partial charge in [0.2, 0.25) is 0 Å². The van der Waals surface area contributed by atoms with E-state index < -0.39 is 17.2 Å². The average Bonchev–Trinajstić information content (AvgIpc) is 3.05. The number of nitrogens with zero attached hydrogens (tertiary/aromatic N) is 3. The molecule has 0 unspecified atom stereocenters. The Kier molecular flexibility index (Phi) is 4.10. The number of carboxylic acids is 1. The molecule has 1 aromatic carbocycles. The number of fused-ring (bicyclic) bond motifs is 1. The second kappa shape index (κ2) is 6.23. The minimum atomic E-state index is -1.02. The molecule has 0 bridgehead atoms. The molecule has 2 N–H and O–H groups in total. The van der Waals surface area contributed by atoms with E-state index >= 15 is 0 Å². The molecule has 3 aromatic rings. The first kappa shape index (κ1) is 16.4. The summed E-state index contributed by atoms with van der Waals surface area (Å²) in [5.41, 5.74) is 1.20. The third kappa shape index (κ3) is 2.89. The summed E-state index contributed by atoms with van der Waals surface area (Å²) in [5.74, 6) is -0.556. The summed E-state index contributed by atoms with van der Waals surface area (Å²) in [7, 11) is 1.57. The number of nitrogens with one attached hydrogen (secondary N) is 1. The van der Waals surface area contributed by atoms with Crippen molar-refractivity contribution in [3.05, 3.63) is 56.7 Å². The zero-order valence-corrected chi connectivity index (χ0v) is 13.7. The largest absolute Gasteiger partial charge is 0.478 e. The van der Waals surface area contributed by atoms with Gasteiger partial charge in [-0.25, -0.2) is 14.6 Å². The molecule has 25 heavy (non-hydrogen) atoms. The molecule has 0 fully saturated rings. The fourth-order valence-electron chi connectivity index (χ4n) is 2.58. The SMILES string of the molecule is CCn1c(=O)c2[nH]c(-c3ccc(/C=C/C(=O)O)cc3)nc2n(C)c1=O. The summed E-state index contributed by atoms with van der Waals surface area (Å²) in [5, 5.41) is 8.64. The molecule has 128 valence electrons. The van der Waals surface area contributed by atoms with Crippen LogP contribution in [-0.2, 0) is 18.4 Å². The summed E-state index contributed by atoms with van der Waals surface area (Å²) in [6.07, 6.45) is 2.54. The van der Waals surface area contributed by atoms with Gasteiger partial charge in [-0.15, -0.1) is 0 Å². The lowest BCUT2D eigenvalue weighted by atomic mass is 10.1. The molecular weight excluding hydrogens is 324 g/mol. The molecule has 0 aliphatic rings. The molecule has 2 aromatic heterocycles. The molecule has 0 radical (unpaired) electrons. The van der Waals surface area contributed by atoms with E-state index in [9.17, 15) is 14.4 Å². The molecule has 0 aliphatic heterocycles. The second-order valence-electron chi connectivity index (χ2n) is 5.47. The first-order chi connectivity index (χ1) is 11.9. The lowest BCUT2D eigenvalue weighted by Crippen LogP contribution is -2.38. The van der Waals surface area contributed by atoms with Crippen LogP contribution in [0.2, 0.25) is 0 Å². The van der Waals surface area contributed by atoms with Crippen molar-refractivity contribution in [2.24, 2.45) is 7.05 Å². The predicted molar refractivity (Wildman–Crippen MR) is 93.4 cm³/mol. The van der Waals surface area contributed by atoms with Gasteiger partial charge in [-0.1, -0.05) is 24.3 Å². The van der Waals surface area contributed by atoms with E-state index in [-0.39, 0.29) is 12.1 Å². The molecule has 0 saturated carbocycles. The summed E-state index contributed by atoms with van der Waals surface area (Å²) in [4.78, 5) is 42.4. The normalized spacial score (nSPS) is 11.4. The summed E-state index contributed by atoms with van der Waals surface area (Å²) in [6, 6.07) is 7.00. The van der Waals surface area contributed by atoms with Gasteiger partial charge in [0.25, 0.3) is 5.56 Å². The number of carboxylic acid groups (broad SMARTS) is 1. The Hall–Kier alpha value is -3.42. The van der Waals surface area contributed by atoms with Crippen LogP contribution in [0, 0.1) is 0 Å². The van der Waals surface area contributed by atoms with Crippen molar-refractivity contribution in [1.82, 2.24) is 19.1 Å². The fraction of sp³-hybridized carbons (Fsp3) is 0.176. The lowest BCUT2D eigenvalue weighted by Gasteiger charge is -2.03. The van der Waals surface area contributed by atoms with E-state index in [1.165, 1.54) is 10.6 Å². The third-order valence-electron chi connectivity index (χ3n) is 3.90. The van der Waals surface area contributed by atoms with Crippen molar-refractivity contribution < 1.29 is 9.90 Å². The van der Waals surface area contributed by atoms with Gasteiger partial charge in [0.1, 0.15) is 11.3 Å². The number of hydrogen-bond donors (Lipinski definition) is 2. The van der Waals surface area contributed by atoms with Crippen molar-refractivity contribution in [2.45, 2.75) is 13.5 Å². The Morgan fingerprint density at radius 1 is 1.28 bits per heavy atom. The first-order valence-electron chi connectivity index (χ1n) is 7.63. The molecule has 2 heterocycles. The number of aromatic amines is 1. The van der Waals surface area contributed by atoms with Gasteiger partial charge in [0.05, 0.1) is 0 Å². The number of rotatable bonds is 4. The number of carbonyl (C=O) groups is 1. The molecule has 0 saturated heterocycles. The van der Waals surface area contributed by atoms with Crippen molar-refractivity contribution >= 4 is 23.2 Å². The Balaban J connectivity index is 2.10. The van der Waals surface area contributed by atoms with Crippen LogP contribution in [-0.4, -0.2) is 30.2 Å². The highest BCUT2D eigenvalue weighted by Gasteiger charge is 2.15. The fourth-order valence-corrected chi connectivity index (χ4v) is 2.58. The van der Waals surface area contributed by atoms with Crippen LogP contribution in [0.15, 0.2) is 39.9 Å². The standard InChI is InChI=1S/C17H16N4O4/c1-3-21-16(24)13-15(20(2)17(21)25)19-14(18-13)11-7-4-10(5-8-11)6-9-12(22)23/h4-9H,3H2,1-2H3,(H,18,19)(H,22,23)/b9-6+. The minimum absolute atomic E-state index is 0.272. The van der Waals surface area contributed by atoms with Crippen LogP contribution in [0.5, 0.6) is 0 Å². The lowest BCUT2D eigenvalue weighted by molar-refractivity contribution is -0.131. The van der Waals surface area contributed by atoms with E-state index in [1.807, 2.05) is 0 Å². The van der Waals surface area contributed by atoms with Gasteiger partial charge < -0.3 is 10.1 Å². The highest BCUT2D eigenvalue weighted by molar-refractivity contribution is 5.85. The van der Waals surface area contributed by atoms with Gasteiger partial charge in [0.15, 0.2) is 5.65 Å². The van der Waals surface area contributed by atoms with E-state index in [0.29, 0.717) is 11.5 Å². The van der Waals surface area contributed by atoms with Gasteiger partial charge in [-0.2, -0.15) is 0 Å². The monoisotopic (exact) mass is 340 g/mol. The van der Waals surface area contributed by atoms with Crippen molar-refractivity contribution in [2.75, 3.05) is 0 Å². The van der Waals surface area contributed by atoms with E-state index in [4.69, 9.17) is 5.11 Å². The Labute approximate surface area is 141 Å². The topological polar surface area (TPSA) is 110 Å². The number of imidazole rings is 1. The average molecular weight is 340 g/mol. The van der Waals surface area contributed by atoms with Crippen LogP contribution in [0.3, 0.4) is 0 Å². The quantitative estimate of drug-likeness (QED) is 0.694. The highest BCUT2D eigenvalue weighted by Crippen LogP contribution is 2.19. The Morgan fingerprint density at radius 3 is 2.56 bits per heavy atom. The first-order valence-corrected chi connectivity index (χ1v) is 7.63.